The standard InChI is InChI=1S/C16H18N2O2/c19-12-15(13-6-2-1-3-7-13)18-16(20)10-9-14-8-4-5-11-17-14/h1-8,11,15,19H,9-10,12H2,(H,18,20)/t15-/m1/s1. The summed E-state index contributed by atoms with van der Waals surface area (Å²) in [7, 11) is 0. The van der Waals surface area contributed by atoms with E-state index >= 15 is 0 Å². The maximum absolute atomic E-state index is 11.9. The average molecular weight is 270 g/mol. The highest BCUT2D eigenvalue weighted by atomic mass is 16.3. The van der Waals surface area contributed by atoms with E-state index in [1.54, 1.807) is 6.20 Å². The van der Waals surface area contributed by atoms with Gasteiger partial charge in [0.15, 0.2) is 0 Å². The van der Waals surface area contributed by atoms with Gasteiger partial charge in [-0.2, -0.15) is 0 Å². The highest BCUT2D eigenvalue weighted by molar-refractivity contribution is 5.76. The Morgan fingerprint density at radius 3 is 2.55 bits per heavy atom. The van der Waals surface area contributed by atoms with Crippen LogP contribution in [0, 0.1) is 0 Å². The van der Waals surface area contributed by atoms with E-state index in [0.29, 0.717) is 12.8 Å². The molecule has 0 radical (unpaired) electrons. The Balaban J connectivity index is 1.87. The summed E-state index contributed by atoms with van der Waals surface area (Å²) in [4.78, 5) is 16.1. The first kappa shape index (κ1) is 14.2. The lowest BCUT2D eigenvalue weighted by Crippen LogP contribution is -2.30. The Bertz CT molecular complexity index is 529. The van der Waals surface area contributed by atoms with Crippen molar-refractivity contribution >= 4 is 5.91 Å². The summed E-state index contributed by atoms with van der Waals surface area (Å²) in [5.74, 6) is -0.0847. The molecule has 1 heterocycles. The van der Waals surface area contributed by atoms with E-state index in [1.807, 2.05) is 48.5 Å². The van der Waals surface area contributed by atoms with Crippen molar-refractivity contribution in [2.24, 2.45) is 0 Å². The molecule has 4 nitrogen and oxygen atoms in total. The van der Waals surface area contributed by atoms with Crippen LogP contribution < -0.4 is 5.32 Å². The minimum Gasteiger partial charge on any atom is -0.394 e. The van der Waals surface area contributed by atoms with Gasteiger partial charge in [0.25, 0.3) is 0 Å². The molecule has 2 aromatic rings. The van der Waals surface area contributed by atoms with Gasteiger partial charge in [-0.25, -0.2) is 0 Å². The second-order valence-electron chi connectivity index (χ2n) is 4.53. The molecule has 2 N–H and O–H groups in total. The van der Waals surface area contributed by atoms with Gasteiger partial charge in [0.2, 0.25) is 5.91 Å². The highest BCUT2D eigenvalue weighted by Gasteiger charge is 2.13. The molecule has 0 bridgehead atoms. The Morgan fingerprint density at radius 2 is 1.90 bits per heavy atom. The lowest BCUT2D eigenvalue weighted by molar-refractivity contribution is -0.122. The molecule has 1 amide bonds. The highest BCUT2D eigenvalue weighted by Crippen LogP contribution is 2.12. The van der Waals surface area contributed by atoms with Crippen LogP contribution in [0.4, 0.5) is 0 Å². The van der Waals surface area contributed by atoms with Crippen LogP contribution in [-0.2, 0) is 11.2 Å². The number of nitrogens with zero attached hydrogens (tertiary/aromatic N) is 1. The molecule has 1 aromatic heterocycles. The molecule has 0 unspecified atom stereocenters. The number of aryl methyl sites for hydroxylation is 1. The predicted octanol–water partition coefficient (Wildman–Crippen LogP) is 1.86. The lowest BCUT2D eigenvalue weighted by atomic mass is 10.1. The number of hydrogen-bond acceptors (Lipinski definition) is 3. The molecule has 0 saturated carbocycles. The van der Waals surface area contributed by atoms with E-state index in [-0.39, 0.29) is 18.6 Å². The third-order valence-corrected chi connectivity index (χ3v) is 3.05. The van der Waals surface area contributed by atoms with Crippen LogP contribution in [-0.4, -0.2) is 22.6 Å². The van der Waals surface area contributed by atoms with E-state index in [9.17, 15) is 9.90 Å². The van der Waals surface area contributed by atoms with Gasteiger partial charge in [-0.15, -0.1) is 0 Å². The molecule has 104 valence electrons. The molecular weight excluding hydrogens is 252 g/mol. The van der Waals surface area contributed by atoms with E-state index < -0.39 is 0 Å². The van der Waals surface area contributed by atoms with Crippen molar-refractivity contribution in [3.63, 3.8) is 0 Å². The maximum atomic E-state index is 11.9. The van der Waals surface area contributed by atoms with Crippen LogP contribution in [0.5, 0.6) is 0 Å². The molecular formula is C16H18N2O2. The molecule has 0 aliphatic rings. The molecule has 20 heavy (non-hydrogen) atoms. The van der Waals surface area contributed by atoms with Crippen molar-refractivity contribution in [3.05, 3.63) is 66.0 Å². The van der Waals surface area contributed by atoms with Gasteiger partial charge in [-0.3, -0.25) is 9.78 Å². The molecule has 0 aliphatic carbocycles. The number of rotatable bonds is 6. The summed E-state index contributed by atoms with van der Waals surface area (Å²) in [6.07, 6.45) is 2.67. The fraction of sp³-hybridized carbons (Fsp3) is 0.250. The third-order valence-electron chi connectivity index (χ3n) is 3.05. The summed E-state index contributed by atoms with van der Waals surface area (Å²) in [6.45, 7) is -0.112. The zero-order valence-electron chi connectivity index (χ0n) is 11.2. The van der Waals surface area contributed by atoms with Crippen molar-refractivity contribution in [3.8, 4) is 0 Å². The first-order valence-corrected chi connectivity index (χ1v) is 6.64. The average Bonchev–Trinajstić information content (AvgIpc) is 2.52. The minimum atomic E-state index is -0.354. The van der Waals surface area contributed by atoms with Gasteiger partial charge in [0.1, 0.15) is 0 Å². The molecule has 0 aliphatic heterocycles. The largest absolute Gasteiger partial charge is 0.394 e. The van der Waals surface area contributed by atoms with E-state index in [0.717, 1.165) is 11.3 Å². The van der Waals surface area contributed by atoms with E-state index in [2.05, 4.69) is 10.3 Å². The Kier molecular flexibility index (Phi) is 5.26. The van der Waals surface area contributed by atoms with E-state index in [4.69, 9.17) is 0 Å². The van der Waals surface area contributed by atoms with Gasteiger partial charge >= 0.3 is 0 Å². The Labute approximate surface area is 118 Å². The number of aromatic nitrogens is 1. The smallest absolute Gasteiger partial charge is 0.220 e. The number of nitrogens with one attached hydrogen (secondary N) is 1. The van der Waals surface area contributed by atoms with Gasteiger partial charge in [0.05, 0.1) is 12.6 Å². The Morgan fingerprint density at radius 1 is 1.15 bits per heavy atom. The monoisotopic (exact) mass is 270 g/mol. The number of pyridine rings is 1. The van der Waals surface area contributed by atoms with Gasteiger partial charge in [-0.05, 0) is 24.1 Å². The zero-order valence-corrected chi connectivity index (χ0v) is 11.2. The molecule has 4 heteroatoms. The van der Waals surface area contributed by atoms with Crippen molar-refractivity contribution < 1.29 is 9.90 Å². The van der Waals surface area contributed by atoms with Crippen LogP contribution >= 0.6 is 0 Å². The van der Waals surface area contributed by atoms with Crippen LogP contribution in [0.1, 0.15) is 23.7 Å². The first-order valence-electron chi connectivity index (χ1n) is 6.64. The summed E-state index contributed by atoms with van der Waals surface area (Å²) >= 11 is 0. The van der Waals surface area contributed by atoms with Crippen LogP contribution in [0.3, 0.4) is 0 Å². The number of amides is 1. The van der Waals surface area contributed by atoms with Gasteiger partial charge in [-0.1, -0.05) is 36.4 Å². The van der Waals surface area contributed by atoms with Crippen molar-refractivity contribution in [2.45, 2.75) is 18.9 Å². The number of benzene rings is 1. The molecule has 1 aromatic carbocycles. The van der Waals surface area contributed by atoms with Crippen LogP contribution in [0.15, 0.2) is 54.7 Å². The number of aliphatic hydroxyl groups excluding tert-OH is 1. The molecule has 0 spiro atoms. The maximum Gasteiger partial charge on any atom is 0.220 e. The fourth-order valence-electron chi connectivity index (χ4n) is 1.97. The van der Waals surface area contributed by atoms with Gasteiger partial charge < -0.3 is 10.4 Å². The minimum absolute atomic E-state index is 0.0847. The fourth-order valence-corrected chi connectivity index (χ4v) is 1.97. The molecule has 0 saturated heterocycles. The van der Waals surface area contributed by atoms with Crippen LogP contribution in [0.25, 0.3) is 0 Å². The SMILES string of the molecule is O=C(CCc1ccccn1)N[C@H](CO)c1ccccc1. The summed E-state index contributed by atoms with van der Waals surface area (Å²) in [5, 5.41) is 12.2. The predicted molar refractivity (Wildman–Crippen MR) is 77.0 cm³/mol. The quantitative estimate of drug-likeness (QED) is 0.842. The molecule has 1 atom stereocenters. The topological polar surface area (TPSA) is 62.2 Å². The molecule has 0 fully saturated rings. The summed E-state index contributed by atoms with van der Waals surface area (Å²) < 4.78 is 0. The normalized spacial score (nSPS) is 11.8. The van der Waals surface area contributed by atoms with Crippen molar-refractivity contribution in [1.29, 1.82) is 0 Å². The third kappa shape index (κ3) is 4.17. The lowest BCUT2D eigenvalue weighted by Gasteiger charge is -2.16. The van der Waals surface area contributed by atoms with Gasteiger partial charge in [0, 0.05) is 18.3 Å². The number of aliphatic hydroxyl groups is 1. The number of carbonyl (C=O) groups excluding carboxylic acids is 1. The summed E-state index contributed by atoms with van der Waals surface area (Å²) in [5.41, 5.74) is 1.80. The second-order valence-corrected chi connectivity index (χ2v) is 4.53. The van der Waals surface area contributed by atoms with Crippen LogP contribution in [0.2, 0.25) is 0 Å². The number of carbonyl (C=O) groups is 1. The number of hydrogen-bond donors (Lipinski definition) is 2. The first-order chi connectivity index (χ1) is 9.79. The summed E-state index contributed by atoms with van der Waals surface area (Å²) in [6, 6.07) is 14.7. The second kappa shape index (κ2) is 7.40. The van der Waals surface area contributed by atoms with Crippen molar-refractivity contribution in [2.75, 3.05) is 6.61 Å². The van der Waals surface area contributed by atoms with Crippen molar-refractivity contribution in [1.82, 2.24) is 10.3 Å². The molecule has 2 rings (SSSR count). The zero-order chi connectivity index (χ0) is 14.2. The van der Waals surface area contributed by atoms with E-state index in [1.165, 1.54) is 0 Å². The Hall–Kier alpha value is -2.20.